The molecule has 8 heteroatoms. The highest BCUT2D eigenvalue weighted by Crippen LogP contribution is 2.37. The Kier molecular flexibility index (Phi) is 5.22. The zero-order valence-corrected chi connectivity index (χ0v) is 11.5. The van der Waals surface area contributed by atoms with Crippen molar-refractivity contribution in [2.75, 3.05) is 13.1 Å². The van der Waals surface area contributed by atoms with Gasteiger partial charge in [-0.05, 0) is 25.3 Å². The molecule has 2 atom stereocenters. The second kappa shape index (κ2) is 6.93. The lowest BCUT2D eigenvalue weighted by Crippen LogP contribution is -2.42. The van der Waals surface area contributed by atoms with Gasteiger partial charge in [-0.1, -0.05) is 6.42 Å². The van der Waals surface area contributed by atoms with E-state index in [4.69, 9.17) is 0 Å². The topological polar surface area (TPSA) is 69.8 Å². The van der Waals surface area contributed by atoms with Gasteiger partial charge < -0.3 is 10.6 Å². The van der Waals surface area contributed by atoms with Gasteiger partial charge in [0.05, 0.1) is 5.92 Å². The summed E-state index contributed by atoms with van der Waals surface area (Å²) in [6.07, 6.45) is -0.943. The van der Waals surface area contributed by atoms with Crippen molar-refractivity contribution in [1.82, 2.24) is 20.8 Å². The smallest absolute Gasteiger partial charge is 0.349 e. The molecule has 0 saturated heterocycles. The first kappa shape index (κ1) is 15.8. The highest BCUT2D eigenvalue weighted by molar-refractivity contribution is 5.92. The number of H-pyrrole nitrogens is 1. The second-order valence-corrected chi connectivity index (χ2v) is 5.28. The minimum absolute atomic E-state index is 0.123. The molecule has 1 fully saturated rings. The molecule has 0 aromatic carbocycles. The van der Waals surface area contributed by atoms with Crippen molar-refractivity contribution in [1.29, 1.82) is 0 Å². The van der Waals surface area contributed by atoms with Crippen LogP contribution < -0.4 is 10.6 Å². The number of hydrogen-bond acceptors (Lipinski definition) is 3. The fraction of sp³-hybridized carbons (Fsp3) is 0.692. The summed E-state index contributed by atoms with van der Waals surface area (Å²) in [7, 11) is 0. The maximum atomic E-state index is 12.7. The first-order chi connectivity index (χ1) is 9.97. The molecule has 2 unspecified atom stereocenters. The lowest BCUT2D eigenvalue weighted by Gasteiger charge is -2.31. The normalized spacial score (nSPS) is 23.0. The molecule has 0 spiro atoms. The van der Waals surface area contributed by atoms with Gasteiger partial charge in [-0.3, -0.25) is 9.89 Å². The van der Waals surface area contributed by atoms with Crippen LogP contribution in [0.15, 0.2) is 12.3 Å². The Morgan fingerprint density at radius 3 is 2.86 bits per heavy atom. The summed E-state index contributed by atoms with van der Waals surface area (Å²) >= 11 is 0. The number of hydrogen-bond donors (Lipinski definition) is 3. The zero-order valence-electron chi connectivity index (χ0n) is 11.5. The van der Waals surface area contributed by atoms with E-state index >= 15 is 0 Å². The van der Waals surface area contributed by atoms with Gasteiger partial charge in [-0.25, -0.2) is 0 Å². The van der Waals surface area contributed by atoms with Crippen LogP contribution in [0.3, 0.4) is 0 Å². The molecular formula is C13H19F3N4O. The van der Waals surface area contributed by atoms with Crippen molar-refractivity contribution in [3.8, 4) is 0 Å². The van der Waals surface area contributed by atoms with Crippen LogP contribution >= 0.6 is 0 Å². The molecule has 1 aliphatic carbocycles. The summed E-state index contributed by atoms with van der Waals surface area (Å²) in [5.74, 6) is -1.48. The Labute approximate surface area is 120 Å². The Morgan fingerprint density at radius 2 is 2.19 bits per heavy atom. The van der Waals surface area contributed by atoms with Gasteiger partial charge in [0.1, 0.15) is 5.69 Å². The summed E-state index contributed by atoms with van der Waals surface area (Å²) < 4.78 is 38.0. The number of nitrogens with zero attached hydrogens (tertiary/aromatic N) is 1. The molecule has 1 aromatic rings. The molecule has 1 amide bonds. The monoisotopic (exact) mass is 304 g/mol. The first-order valence-electron chi connectivity index (χ1n) is 7.04. The molecule has 1 heterocycles. The minimum Gasteiger partial charge on any atom is -0.349 e. The molecule has 0 aliphatic heterocycles. The number of rotatable bonds is 5. The predicted octanol–water partition coefficient (Wildman–Crippen LogP) is 1.85. The molecule has 2 rings (SSSR count). The molecule has 1 aliphatic rings. The van der Waals surface area contributed by atoms with Gasteiger partial charge in [0.25, 0.3) is 5.91 Å². The van der Waals surface area contributed by atoms with E-state index in [1.807, 2.05) is 0 Å². The summed E-state index contributed by atoms with van der Waals surface area (Å²) in [5, 5.41) is 12.0. The molecule has 21 heavy (non-hydrogen) atoms. The number of nitrogens with one attached hydrogen (secondary N) is 3. The van der Waals surface area contributed by atoms with E-state index in [9.17, 15) is 18.0 Å². The number of alkyl halides is 3. The van der Waals surface area contributed by atoms with Crippen LogP contribution in [0, 0.1) is 5.92 Å². The fourth-order valence-corrected chi connectivity index (χ4v) is 2.60. The van der Waals surface area contributed by atoms with Crippen molar-refractivity contribution in [2.24, 2.45) is 5.92 Å². The zero-order chi connectivity index (χ0) is 15.3. The van der Waals surface area contributed by atoms with Crippen LogP contribution in [0.25, 0.3) is 0 Å². The third-order valence-electron chi connectivity index (χ3n) is 3.73. The third-order valence-corrected chi connectivity index (χ3v) is 3.73. The van der Waals surface area contributed by atoms with E-state index in [-0.39, 0.29) is 24.8 Å². The van der Waals surface area contributed by atoms with Crippen molar-refractivity contribution in [3.63, 3.8) is 0 Å². The standard InChI is InChI=1S/C13H19F3N4O/c14-13(15,16)9-2-1-3-10(8-9)17-6-7-18-12(21)11-4-5-19-20-11/h4-5,9-10,17H,1-3,6-8H2,(H,18,21)(H,19,20). The lowest BCUT2D eigenvalue weighted by atomic mass is 9.85. The molecule has 118 valence electrons. The number of aromatic amines is 1. The number of carbonyl (C=O) groups is 1. The van der Waals surface area contributed by atoms with E-state index in [1.165, 1.54) is 6.20 Å². The highest BCUT2D eigenvalue weighted by atomic mass is 19.4. The number of amides is 1. The van der Waals surface area contributed by atoms with E-state index < -0.39 is 12.1 Å². The van der Waals surface area contributed by atoms with Crippen molar-refractivity contribution < 1.29 is 18.0 Å². The largest absolute Gasteiger partial charge is 0.391 e. The van der Waals surface area contributed by atoms with Crippen molar-refractivity contribution in [3.05, 3.63) is 18.0 Å². The Hall–Kier alpha value is -1.57. The Bertz CT molecular complexity index is 447. The Morgan fingerprint density at radius 1 is 1.38 bits per heavy atom. The summed E-state index contributed by atoms with van der Waals surface area (Å²) in [6, 6.07) is 1.42. The second-order valence-electron chi connectivity index (χ2n) is 5.28. The molecule has 3 N–H and O–H groups in total. The van der Waals surface area contributed by atoms with Crippen molar-refractivity contribution >= 4 is 5.91 Å². The fourth-order valence-electron chi connectivity index (χ4n) is 2.60. The van der Waals surface area contributed by atoms with E-state index in [1.54, 1.807) is 6.07 Å². The number of carbonyl (C=O) groups excluding carboxylic acids is 1. The van der Waals surface area contributed by atoms with Gasteiger partial charge in [-0.15, -0.1) is 0 Å². The molecule has 1 saturated carbocycles. The molecule has 1 aromatic heterocycles. The minimum atomic E-state index is -4.10. The van der Waals surface area contributed by atoms with Crippen LogP contribution in [-0.4, -0.2) is 41.4 Å². The molecule has 0 radical (unpaired) electrons. The maximum Gasteiger partial charge on any atom is 0.391 e. The quantitative estimate of drug-likeness (QED) is 0.727. The van der Waals surface area contributed by atoms with Gasteiger partial charge in [0, 0.05) is 25.3 Å². The summed E-state index contributed by atoms with van der Waals surface area (Å²) in [6.45, 7) is 0.820. The molecule has 5 nitrogen and oxygen atoms in total. The average molecular weight is 304 g/mol. The van der Waals surface area contributed by atoms with E-state index in [0.29, 0.717) is 25.2 Å². The average Bonchev–Trinajstić information content (AvgIpc) is 2.97. The van der Waals surface area contributed by atoms with Crippen LogP contribution in [-0.2, 0) is 0 Å². The SMILES string of the molecule is O=C(NCCNC1CCCC(C(F)(F)F)C1)c1ccn[nH]1. The van der Waals surface area contributed by atoms with E-state index in [2.05, 4.69) is 20.8 Å². The number of halogens is 3. The Balaban J connectivity index is 1.65. The van der Waals surface area contributed by atoms with Crippen LogP contribution in [0.4, 0.5) is 13.2 Å². The number of aromatic nitrogens is 2. The van der Waals surface area contributed by atoms with Crippen LogP contribution in [0.5, 0.6) is 0 Å². The van der Waals surface area contributed by atoms with Crippen LogP contribution in [0.1, 0.15) is 36.2 Å². The van der Waals surface area contributed by atoms with Gasteiger partial charge in [-0.2, -0.15) is 18.3 Å². The van der Waals surface area contributed by atoms with E-state index in [0.717, 1.165) is 6.42 Å². The third kappa shape index (κ3) is 4.73. The highest BCUT2D eigenvalue weighted by Gasteiger charge is 2.41. The molecule has 0 bridgehead atoms. The van der Waals surface area contributed by atoms with Gasteiger partial charge in [0.2, 0.25) is 0 Å². The summed E-state index contributed by atoms with van der Waals surface area (Å²) in [5.41, 5.74) is 0.366. The van der Waals surface area contributed by atoms with Gasteiger partial charge >= 0.3 is 6.18 Å². The van der Waals surface area contributed by atoms with Gasteiger partial charge in [0.15, 0.2) is 0 Å². The lowest BCUT2D eigenvalue weighted by molar-refractivity contribution is -0.183. The first-order valence-corrected chi connectivity index (χ1v) is 7.04. The van der Waals surface area contributed by atoms with Crippen molar-refractivity contribution in [2.45, 2.75) is 37.9 Å². The maximum absolute atomic E-state index is 12.7. The van der Waals surface area contributed by atoms with Crippen LogP contribution in [0.2, 0.25) is 0 Å². The summed E-state index contributed by atoms with van der Waals surface area (Å²) in [4.78, 5) is 11.6. The predicted molar refractivity (Wildman–Crippen MR) is 70.7 cm³/mol. The molecular weight excluding hydrogens is 285 g/mol.